The first-order valence-corrected chi connectivity index (χ1v) is 7.14. The average Bonchev–Trinajstić information content (AvgIpc) is 1.89. The summed E-state index contributed by atoms with van der Waals surface area (Å²) in [4.78, 5) is 0. The van der Waals surface area contributed by atoms with Gasteiger partial charge in [-0.3, -0.25) is 0 Å². The molecule has 0 heterocycles. The summed E-state index contributed by atoms with van der Waals surface area (Å²) in [6.07, 6.45) is 1.27. The van der Waals surface area contributed by atoms with E-state index in [4.69, 9.17) is 4.43 Å². The summed E-state index contributed by atoms with van der Waals surface area (Å²) in [6.45, 7) is 9.81. The fourth-order valence-electron chi connectivity index (χ4n) is 1.23. The summed E-state index contributed by atoms with van der Waals surface area (Å²) in [7, 11) is -1.22. The van der Waals surface area contributed by atoms with Crippen LogP contribution in [0, 0.1) is 0 Å². The van der Waals surface area contributed by atoms with Crippen molar-refractivity contribution >= 4 is 8.32 Å². The maximum absolute atomic E-state index is 5.76. The van der Waals surface area contributed by atoms with Crippen LogP contribution in [-0.2, 0) is 4.43 Å². The molecule has 0 spiro atoms. The van der Waals surface area contributed by atoms with Crippen molar-refractivity contribution in [1.29, 1.82) is 0 Å². The lowest BCUT2D eigenvalue weighted by atomic mass is 10.6. The van der Waals surface area contributed by atoms with E-state index in [2.05, 4.69) is 27.3 Å². The molecule has 0 aliphatic rings. The Morgan fingerprint density at radius 3 is 2.10 bits per heavy atom. The second-order valence-electron chi connectivity index (χ2n) is 2.99. The van der Waals surface area contributed by atoms with Crippen molar-refractivity contribution in [2.24, 2.45) is 0 Å². The Morgan fingerprint density at radius 1 is 1.20 bits per heavy atom. The summed E-state index contributed by atoms with van der Waals surface area (Å²) in [5.74, 6) is 0. The predicted molar refractivity (Wildman–Crippen MR) is 48.8 cm³/mol. The van der Waals surface area contributed by atoms with E-state index in [9.17, 15) is 0 Å². The molecule has 10 heavy (non-hydrogen) atoms. The van der Waals surface area contributed by atoms with Gasteiger partial charge in [-0.05, 0) is 25.6 Å². The van der Waals surface area contributed by atoms with Gasteiger partial charge >= 0.3 is 0 Å². The third-order valence-electron chi connectivity index (χ3n) is 2.02. The Balaban J connectivity index is 3.69. The maximum atomic E-state index is 5.76. The molecule has 1 atom stereocenters. The zero-order chi connectivity index (χ0) is 8.04. The molecular formula is C8H20OSi. The second-order valence-corrected chi connectivity index (χ2v) is 7.38. The van der Waals surface area contributed by atoms with Crippen LogP contribution in [0.15, 0.2) is 0 Å². The van der Waals surface area contributed by atoms with Crippen LogP contribution in [0.2, 0.25) is 18.6 Å². The van der Waals surface area contributed by atoms with Crippen molar-refractivity contribution in [3.63, 3.8) is 0 Å². The maximum Gasteiger partial charge on any atom is 0.189 e. The molecule has 0 rings (SSSR count). The number of rotatable bonds is 5. The first kappa shape index (κ1) is 10.2. The predicted octanol–water partition coefficient (Wildman–Crippen LogP) is 3.03. The molecule has 0 aliphatic heterocycles. The number of hydrogen-bond acceptors (Lipinski definition) is 1. The van der Waals surface area contributed by atoms with Gasteiger partial charge in [-0.1, -0.05) is 20.3 Å². The molecule has 0 saturated carbocycles. The molecular weight excluding hydrogens is 140 g/mol. The minimum atomic E-state index is -1.22. The molecule has 1 unspecified atom stereocenters. The molecule has 1 nitrogen and oxygen atoms in total. The molecule has 0 amide bonds. The minimum absolute atomic E-state index is 0.899. The van der Waals surface area contributed by atoms with Crippen molar-refractivity contribution in [3.8, 4) is 0 Å². The van der Waals surface area contributed by atoms with Gasteiger partial charge in [-0.2, -0.15) is 0 Å². The smallest absolute Gasteiger partial charge is 0.189 e. The van der Waals surface area contributed by atoms with Crippen LogP contribution in [0.5, 0.6) is 0 Å². The van der Waals surface area contributed by atoms with Gasteiger partial charge in [0.2, 0.25) is 0 Å². The van der Waals surface area contributed by atoms with Gasteiger partial charge in [0.05, 0.1) is 0 Å². The van der Waals surface area contributed by atoms with Crippen molar-refractivity contribution in [3.05, 3.63) is 0 Å². The summed E-state index contributed by atoms with van der Waals surface area (Å²) in [5.41, 5.74) is 0. The van der Waals surface area contributed by atoms with E-state index in [1.807, 2.05) is 0 Å². The van der Waals surface area contributed by atoms with Crippen LogP contribution in [0.25, 0.3) is 0 Å². The van der Waals surface area contributed by atoms with Crippen LogP contribution in [0.3, 0.4) is 0 Å². The highest BCUT2D eigenvalue weighted by molar-refractivity contribution is 6.72. The first-order valence-electron chi connectivity index (χ1n) is 4.32. The van der Waals surface area contributed by atoms with Gasteiger partial charge in [0.1, 0.15) is 0 Å². The Kier molecular flexibility index (Phi) is 5.00. The van der Waals surface area contributed by atoms with Crippen LogP contribution in [0.4, 0.5) is 0 Å². The Morgan fingerprint density at radius 2 is 1.80 bits per heavy atom. The molecule has 0 aliphatic carbocycles. The highest BCUT2D eigenvalue weighted by atomic mass is 28.4. The molecule has 0 aromatic heterocycles. The second kappa shape index (κ2) is 4.91. The van der Waals surface area contributed by atoms with Gasteiger partial charge in [0.25, 0.3) is 0 Å². The van der Waals surface area contributed by atoms with Crippen molar-refractivity contribution in [2.75, 3.05) is 6.61 Å². The van der Waals surface area contributed by atoms with Crippen LogP contribution < -0.4 is 0 Å². The topological polar surface area (TPSA) is 9.23 Å². The zero-order valence-corrected chi connectivity index (χ0v) is 8.74. The molecule has 0 saturated heterocycles. The molecule has 0 aromatic carbocycles. The lowest BCUT2D eigenvalue weighted by Gasteiger charge is -2.24. The highest BCUT2D eigenvalue weighted by Gasteiger charge is 2.24. The van der Waals surface area contributed by atoms with Crippen LogP contribution >= 0.6 is 0 Å². The van der Waals surface area contributed by atoms with Gasteiger partial charge in [-0.15, -0.1) is 0 Å². The Bertz CT molecular complexity index is 77.3. The molecule has 2 heteroatoms. The largest absolute Gasteiger partial charge is 0.417 e. The summed E-state index contributed by atoms with van der Waals surface area (Å²) < 4.78 is 5.76. The quantitative estimate of drug-likeness (QED) is 0.562. The third kappa shape index (κ3) is 3.37. The molecule has 62 valence electrons. The zero-order valence-electron chi connectivity index (χ0n) is 7.74. The van der Waals surface area contributed by atoms with Crippen LogP contribution in [0.1, 0.15) is 27.2 Å². The summed E-state index contributed by atoms with van der Waals surface area (Å²) in [6, 6.07) is 2.58. The van der Waals surface area contributed by atoms with Gasteiger partial charge < -0.3 is 4.43 Å². The van der Waals surface area contributed by atoms with Gasteiger partial charge in [-0.25, -0.2) is 0 Å². The van der Waals surface area contributed by atoms with E-state index in [-0.39, 0.29) is 0 Å². The average molecular weight is 160 g/mol. The molecule has 0 N–H and O–H groups in total. The molecule has 0 bridgehead atoms. The third-order valence-corrected chi connectivity index (χ3v) is 6.06. The monoisotopic (exact) mass is 160 g/mol. The molecule has 0 radical (unpaired) electrons. The fraction of sp³-hybridized carbons (Fsp3) is 1.00. The van der Waals surface area contributed by atoms with E-state index in [0.29, 0.717) is 0 Å². The number of hydrogen-bond donors (Lipinski definition) is 0. The Labute approximate surface area is 65.9 Å². The SMILES string of the molecule is CCC[Si](C)(CC)OCC. The Hall–Kier alpha value is 0.177. The fourth-order valence-corrected chi connectivity index (χ4v) is 3.68. The normalized spacial score (nSPS) is 16.8. The van der Waals surface area contributed by atoms with E-state index in [1.165, 1.54) is 18.5 Å². The highest BCUT2D eigenvalue weighted by Crippen LogP contribution is 2.17. The van der Waals surface area contributed by atoms with Gasteiger partial charge in [0, 0.05) is 6.61 Å². The summed E-state index contributed by atoms with van der Waals surface area (Å²) in [5, 5.41) is 0. The van der Waals surface area contributed by atoms with E-state index in [1.54, 1.807) is 0 Å². The van der Waals surface area contributed by atoms with Crippen molar-refractivity contribution in [1.82, 2.24) is 0 Å². The summed E-state index contributed by atoms with van der Waals surface area (Å²) >= 11 is 0. The molecule has 0 fully saturated rings. The minimum Gasteiger partial charge on any atom is -0.417 e. The van der Waals surface area contributed by atoms with E-state index >= 15 is 0 Å². The first-order chi connectivity index (χ1) is 4.68. The van der Waals surface area contributed by atoms with Crippen LogP contribution in [-0.4, -0.2) is 14.9 Å². The van der Waals surface area contributed by atoms with Crippen molar-refractivity contribution in [2.45, 2.75) is 45.8 Å². The van der Waals surface area contributed by atoms with Gasteiger partial charge in [0.15, 0.2) is 8.32 Å². The molecule has 0 aromatic rings. The standard InChI is InChI=1S/C8H20OSi/c1-5-8-10(4,7-3)9-6-2/h5-8H2,1-4H3. The lowest BCUT2D eigenvalue weighted by Crippen LogP contribution is -2.32. The van der Waals surface area contributed by atoms with E-state index < -0.39 is 8.32 Å². The van der Waals surface area contributed by atoms with E-state index in [0.717, 1.165) is 6.61 Å². The van der Waals surface area contributed by atoms with Crippen molar-refractivity contribution < 1.29 is 4.43 Å². The lowest BCUT2D eigenvalue weighted by molar-refractivity contribution is 0.324.